The molecule has 5 nitrogen and oxygen atoms in total. The Balaban J connectivity index is 2.25. The smallest absolute Gasteiger partial charge is 0.337 e. The minimum absolute atomic E-state index is 0.0705. The SMILES string of the molecule is COc1cc(C(=O)O)c(NCc2cnc(Cl)s2)cc1F. The van der Waals surface area contributed by atoms with E-state index in [1.54, 1.807) is 6.20 Å². The maximum absolute atomic E-state index is 13.6. The zero-order chi connectivity index (χ0) is 14.7. The topological polar surface area (TPSA) is 71.5 Å². The van der Waals surface area contributed by atoms with Gasteiger partial charge in [0.25, 0.3) is 0 Å². The maximum Gasteiger partial charge on any atom is 0.337 e. The molecule has 2 N–H and O–H groups in total. The van der Waals surface area contributed by atoms with Crippen molar-refractivity contribution in [2.24, 2.45) is 0 Å². The van der Waals surface area contributed by atoms with Gasteiger partial charge in [-0.25, -0.2) is 14.2 Å². The summed E-state index contributed by atoms with van der Waals surface area (Å²) in [7, 11) is 1.27. The number of hydrogen-bond acceptors (Lipinski definition) is 5. The van der Waals surface area contributed by atoms with Crippen LogP contribution in [-0.4, -0.2) is 23.2 Å². The first-order chi connectivity index (χ1) is 9.51. The molecule has 0 saturated carbocycles. The molecule has 2 rings (SSSR count). The van der Waals surface area contributed by atoms with Gasteiger partial charge >= 0.3 is 5.97 Å². The average molecular weight is 317 g/mol. The van der Waals surface area contributed by atoms with Crippen LogP contribution < -0.4 is 10.1 Å². The molecule has 2 aromatic rings. The number of ether oxygens (including phenoxy) is 1. The number of nitrogens with one attached hydrogen (secondary N) is 1. The van der Waals surface area contributed by atoms with E-state index in [-0.39, 0.29) is 17.0 Å². The van der Waals surface area contributed by atoms with Gasteiger partial charge in [0, 0.05) is 17.1 Å². The summed E-state index contributed by atoms with van der Waals surface area (Å²) in [5, 5.41) is 12.0. The number of benzene rings is 1. The van der Waals surface area contributed by atoms with Gasteiger partial charge in [0.1, 0.15) is 0 Å². The summed E-state index contributed by atoms with van der Waals surface area (Å²) < 4.78 is 18.8. The van der Waals surface area contributed by atoms with E-state index < -0.39 is 11.8 Å². The monoisotopic (exact) mass is 316 g/mol. The van der Waals surface area contributed by atoms with E-state index in [2.05, 4.69) is 10.3 Å². The molecular weight excluding hydrogens is 307 g/mol. The Kier molecular flexibility index (Phi) is 4.41. The van der Waals surface area contributed by atoms with E-state index in [9.17, 15) is 9.18 Å². The fraction of sp³-hybridized carbons (Fsp3) is 0.167. The van der Waals surface area contributed by atoms with Crippen LogP contribution in [-0.2, 0) is 6.54 Å². The van der Waals surface area contributed by atoms with Crippen molar-refractivity contribution >= 4 is 34.6 Å². The third kappa shape index (κ3) is 3.17. The number of aromatic nitrogens is 1. The van der Waals surface area contributed by atoms with E-state index in [1.165, 1.54) is 18.4 Å². The van der Waals surface area contributed by atoms with Crippen LogP contribution in [0.25, 0.3) is 0 Å². The number of hydrogen-bond donors (Lipinski definition) is 2. The van der Waals surface area contributed by atoms with E-state index >= 15 is 0 Å². The highest BCUT2D eigenvalue weighted by Gasteiger charge is 2.15. The molecule has 1 aromatic heterocycles. The number of carboxylic acid groups (broad SMARTS) is 1. The summed E-state index contributed by atoms with van der Waals surface area (Å²) in [4.78, 5) is 15.8. The Morgan fingerprint density at radius 2 is 2.35 bits per heavy atom. The Hall–Kier alpha value is -1.86. The maximum atomic E-state index is 13.6. The summed E-state index contributed by atoms with van der Waals surface area (Å²) in [6.45, 7) is 0.302. The second-order valence-corrected chi connectivity index (χ2v) is 5.47. The molecule has 0 aliphatic heterocycles. The number of anilines is 1. The predicted molar refractivity (Wildman–Crippen MR) is 74.4 cm³/mol. The van der Waals surface area contributed by atoms with Crippen molar-refractivity contribution in [3.8, 4) is 5.75 Å². The van der Waals surface area contributed by atoms with Crippen LogP contribution in [0.4, 0.5) is 10.1 Å². The first-order valence-corrected chi connectivity index (χ1v) is 6.65. The highest BCUT2D eigenvalue weighted by molar-refractivity contribution is 7.15. The predicted octanol–water partition coefficient (Wildman–Crippen LogP) is 3.25. The Bertz CT molecular complexity index is 648. The zero-order valence-electron chi connectivity index (χ0n) is 10.3. The van der Waals surface area contributed by atoms with Crippen LogP contribution in [0, 0.1) is 5.82 Å². The first-order valence-electron chi connectivity index (χ1n) is 5.46. The molecule has 0 saturated heterocycles. The average Bonchev–Trinajstić information content (AvgIpc) is 2.82. The van der Waals surface area contributed by atoms with Gasteiger partial charge in [-0.1, -0.05) is 11.6 Å². The summed E-state index contributed by atoms with van der Waals surface area (Å²) in [6, 6.07) is 2.23. The lowest BCUT2D eigenvalue weighted by molar-refractivity contribution is 0.0697. The number of methoxy groups -OCH3 is 1. The first kappa shape index (κ1) is 14.5. The van der Waals surface area contributed by atoms with Crippen molar-refractivity contribution in [2.75, 3.05) is 12.4 Å². The van der Waals surface area contributed by atoms with E-state index in [4.69, 9.17) is 21.4 Å². The normalized spacial score (nSPS) is 10.3. The Morgan fingerprint density at radius 3 is 2.90 bits per heavy atom. The number of aromatic carboxylic acids is 1. The van der Waals surface area contributed by atoms with Gasteiger partial charge < -0.3 is 15.2 Å². The van der Waals surface area contributed by atoms with Gasteiger partial charge in [-0.3, -0.25) is 0 Å². The number of halogens is 2. The summed E-state index contributed by atoms with van der Waals surface area (Å²) in [5.41, 5.74) is 0.0965. The lowest BCUT2D eigenvalue weighted by Crippen LogP contribution is -2.07. The van der Waals surface area contributed by atoms with Crippen LogP contribution in [0.2, 0.25) is 4.47 Å². The number of carbonyl (C=O) groups is 1. The Labute approximate surface area is 123 Å². The molecule has 0 bridgehead atoms. The summed E-state index contributed by atoms with van der Waals surface area (Å²) in [5.74, 6) is -1.93. The molecule has 0 fully saturated rings. The number of thiazole rings is 1. The lowest BCUT2D eigenvalue weighted by Gasteiger charge is -2.11. The van der Waals surface area contributed by atoms with Crippen molar-refractivity contribution < 1.29 is 19.0 Å². The molecular formula is C12H10ClFN2O3S. The molecule has 0 unspecified atom stereocenters. The van der Waals surface area contributed by atoms with Gasteiger partial charge in [0.15, 0.2) is 16.0 Å². The largest absolute Gasteiger partial charge is 0.494 e. The zero-order valence-corrected chi connectivity index (χ0v) is 11.9. The second kappa shape index (κ2) is 6.06. The third-order valence-electron chi connectivity index (χ3n) is 2.50. The van der Waals surface area contributed by atoms with Crippen LogP contribution in [0.3, 0.4) is 0 Å². The van der Waals surface area contributed by atoms with Crippen LogP contribution in [0.5, 0.6) is 5.75 Å². The van der Waals surface area contributed by atoms with Crippen LogP contribution >= 0.6 is 22.9 Å². The van der Waals surface area contributed by atoms with Crippen LogP contribution in [0.1, 0.15) is 15.2 Å². The molecule has 0 atom stereocenters. The molecule has 0 spiro atoms. The van der Waals surface area contributed by atoms with Crippen molar-refractivity contribution in [3.05, 3.63) is 39.1 Å². The summed E-state index contributed by atoms with van der Waals surface area (Å²) >= 11 is 6.96. The minimum atomic E-state index is -1.17. The van der Waals surface area contributed by atoms with E-state index in [0.29, 0.717) is 11.0 Å². The molecule has 106 valence electrons. The van der Waals surface area contributed by atoms with Gasteiger partial charge in [-0.2, -0.15) is 0 Å². The van der Waals surface area contributed by atoms with Gasteiger partial charge in [0.05, 0.1) is 24.9 Å². The highest BCUT2D eigenvalue weighted by atomic mass is 35.5. The third-order valence-corrected chi connectivity index (χ3v) is 3.62. The fourth-order valence-corrected chi connectivity index (χ4v) is 2.50. The van der Waals surface area contributed by atoms with Crippen LogP contribution in [0.15, 0.2) is 18.3 Å². The standard InChI is InChI=1S/C12H10ClFN2O3S/c1-19-10-2-7(11(17)18)9(3-8(10)14)15-4-6-5-16-12(13)20-6/h2-3,5,15H,4H2,1H3,(H,17,18). The minimum Gasteiger partial charge on any atom is -0.494 e. The highest BCUT2D eigenvalue weighted by Crippen LogP contribution is 2.27. The lowest BCUT2D eigenvalue weighted by atomic mass is 10.1. The second-order valence-electron chi connectivity index (χ2n) is 3.77. The summed E-state index contributed by atoms with van der Waals surface area (Å²) in [6.07, 6.45) is 1.57. The van der Waals surface area contributed by atoms with Crippen molar-refractivity contribution in [1.82, 2.24) is 4.98 Å². The number of rotatable bonds is 5. The molecule has 8 heteroatoms. The van der Waals surface area contributed by atoms with Crippen molar-refractivity contribution in [1.29, 1.82) is 0 Å². The molecule has 1 aromatic carbocycles. The molecule has 0 amide bonds. The van der Waals surface area contributed by atoms with E-state index in [1.807, 2.05) is 0 Å². The Morgan fingerprint density at radius 1 is 1.60 bits per heavy atom. The van der Waals surface area contributed by atoms with Gasteiger partial charge in [-0.15, -0.1) is 11.3 Å². The molecule has 0 radical (unpaired) electrons. The molecule has 1 heterocycles. The van der Waals surface area contributed by atoms with E-state index in [0.717, 1.165) is 17.0 Å². The molecule has 0 aliphatic carbocycles. The van der Waals surface area contributed by atoms with Crippen molar-refractivity contribution in [3.63, 3.8) is 0 Å². The van der Waals surface area contributed by atoms with Crippen molar-refractivity contribution in [2.45, 2.75) is 6.54 Å². The quantitative estimate of drug-likeness (QED) is 0.886. The molecule has 20 heavy (non-hydrogen) atoms. The fourth-order valence-electron chi connectivity index (χ4n) is 1.58. The number of carboxylic acids is 1. The van der Waals surface area contributed by atoms with Gasteiger partial charge in [0.2, 0.25) is 0 Å². The number of nitrogens with zero attached hydrogens (tertiary/aromatic N) is 1. The van der Waals surface area contributed by atoms with Gasteiger partial charge in [-0.05, 0) is 6.07 Å². The molecule has 0 aliphatic rings.